The number of benzene rings is 2. The van der Waals surface area contributed by atoms with Crippen LogP contribution >= 0.6 is 0 Å². The van der Waals surface area contributed by atoms with Gasteiger partial charge >= 0.3 is 0 Å². The van der Waals surface area contributed by atoms with E-state index in [0.717, 1.165) is 24.2 Å². The quantitative estimate of drug-likeness (QED) is 0.867. The van der Waals surface area contributed by atoms with Gasteiger partial charge in [-0.25, -0.2) is 0 Å². The average molecular weight is 243 g/mol. The smallest absolute Gasteiger partial charge is 0.115 e. The Morgan fingerprint density at radius 3 is 2.17 bits per heavy atom. The maximum absolute atomic E-state index is 9.40. The van der Waals surface area contributed by atoms with Gasteiger partial charge < -0.3 is 10.2 Å². The Hall–Kier alpha value is -2.00. The summed E-state index contributed by atoms with van der Waals surface area (Å²) in [6.07, 6.45) is 0. The van der Waals surface area contributed by atoms with Crippen molar-refractivity contribution in [3.05, 3.63) is 59.7 Å². The number of hydrogen-bond acceptors (Lipinski definition) is 3. The van der Waals surface area contributed by atoms with Crippen molar-refractivity contribution >= 4 is 0 Å². The van der Waals surface area contributed by atoms with Crippen LogP contribution in [0.4, 0.5) is 0 Å². The van der Waals surface area contributed by atoms with Gasteiger partial charge in [-0.1, -0.05) is 24.3 Å². The second-order valence-electron chi connectivity index (χ2n) is 4.51. The largest absolute Gasteiger partial charge is 0.508 e. The predicted octanol–water partition coefficient (Wildman–Crippen LogP) is 2.73. The van der Waals surface area contributed by atoms with Gasteiger partial charge in [0.25, 0.3) is 0 Å². The van der Waals surface area contributed by atoms with Crippen LogP contribution in [0.15, 0.2) is 48.5 Å². The Labute approximate surface area is 107 Å². The van der Waals surface area contributed by atoms with Crippen molar-refractivity contribution in [3.8, 4) is 11.5 Å². The molecule has 0 saturated heterocycles. The van der Waals surface area contributed by atoms with Crippen molar-refractivity contribution in [2.24, 2.45) is 0 Å². The van der Waals surface area contributed by atoms with E-state index in [-0.39, 0.29) is 5.75 Å². The van der Waals surface area contributed by atoms with Gasteiger partial charge in [-0.3, -0.25) is 4.90 Å². The van der Waals surface area contributed by atoms with Gasteiger partial charge in [-0.15, -0.1) is 0 Å². The summed E-state index contributed by atoms with van der Waals surface area (Å²) in [7, 11) is 2.02. The Kier molecular flexibility index (Phi) is 3.85. The first kappa shape index (κ1) is 12.5. The fraction of sp³-hybridized carbons (Fsp3) is 0.200. The minimum absolute atomic E-state index is 0.286. The molecule has 2 aromatic rings. The van der Waals surface area contributed by atoms with Gasteiger partial charge in [-0.05, 0) is 42.4 Å². The monoisotopic (exact) mass is 243 g/mol. The summed E-state index contributed by atoms with van der Waals surface area (Å²) < 4.78 is 0. The summed E-state index contributed by atoms with van der Waals surface area (Å²) in [6, 6.07) is 14.5. The molecule has 0 heterocycles. The molecule has 0 aromatic heterocycles. The molecule has 0 atom stereocenters. The minimum Gasteiger partial charge on any atom is -0.508 e. The fourth-order valence-electron chi connectivity index (χ4n) is 1.94. The van der Waals surface area contributed by atoms with Crippen LogP contribution in [0.5, 0.6) is 11.5 Å². The van der Waals surface area contributed by atoms with E-state index in [9.17, 15) is 10.2 Å². The zero-order valence-electron chi connectivity index (χ0n) is 10.4. The van der Waals surface area contributed by atoms with E-state index < -0.39 is 0 Å². The number of phenolic OH excluding ortho intramolecular Hbond substituents is 2. The maximum Gasteiger partial charge on any atom is 0.115 e. The summed E-state index contributed by atoms with van der Waals surface area (Å²) >= 11 is 0. The second kappa shape index (κ2) is 5.56. The molecule has 3 nitrogen and oxygen atoms in total. The summed E-state index contributed by atoms with van der Waals surface area (Å²) in [4.78, 5) is 2.15. The van der Waals surface area contributed by atoms with Crippen molar-refractivity contribution in [2.75, 3.05) is 7.05 Å². The first-order chi connectivity index (χ1) is 8.63. The van der Waals surface area contributed by atoms with Gasteiger partial charge in [0.2, 0.25) is 0 Å². The van der Waals surface area contributed by atoms with Crippen LogP contribution in [0.1, 0.15) is 11.1 Å². The van der Waals surface area contributed by atoms with Crippen LogP contribution in [0.25, 0.3) is 0 Å². The lowest BCUT2D eigenvalue weighted by molar-refractivity contribution is 0.318. The Bertz CT molecular complexity index is 508. The van der Waals surface area contributed by atoms with Crippen molar-refractivity contribution < 1.29 is 10.2 Å². The summed E-state index contributed by atoms with van der Waals surface area (Å²) in [5.74, 6) is 0.583. The van der Waals surface area contributed by atoms with E-state index in [1.54, 1.807) is 24.3 Å². The van der Waals surface area contributed by atoms with E-state index in [2.05, 4.69) is 4.90 Å². The van der Waals surface area contributed by atoms with Gasteiger partial charge in [0.05, 0.1) is 0 Å². The van der Waals surface area contributed by atoms with Gasteiger partial charge in [0, 0.05) is 13.1 Å². The van der Waals surface area contributed by atoms with Gasteiger partial charge in [0.15, 0.2) is 0 Å². The van der Waals surface area contributed by atoms with Crippen molar-refractivity contribution in [1.29, 1.82) is 0 Å². The normalized spacial score (nSPS) is 10.8. The molecule has 0 aliphatic heterocycles. The lowest BCUT2D eigenvalue weighted by atomic mass is 10.1. The van der Waals surface area contributed by atoms with Gasteiger partial charge in [-0.2, -0.15) is 0 Å². The molecule has 0 saturated carbocycles. The highest BCUT2D eigenvalue weighted by Gasteiger charge is 2.02. The molecule has 2 N–H and O–H groups in total. The molecular weight excluding hydrogens is 226 g/mol. The van der Waals surface area contributed by atoms with Crippen LogP contribution in [-0.2, 0) is 13.1 Å². The van der Waals surface area contributed by atoms with Gasteiger partial charge in [0.1, 0.15) is 11.5 Å². The number of nitrogens with zero attached hydrogens (tertiary/aromatic N) is 1. The summed E-state index contributed by atoms with van der Waals surface area (Å²) in [5.41, 5.74) is 2.23. The van der Waals surface area contributed by atoms with E-state index in [1.807, 2.05) is 31.3 Å². The molecule has 0 aliphatic carbocycles. The highest BCUT2D eigenvalue weighted by molar-refractivity contribution is 5.28. The summed E-state index contributed by atoms with van der Waals surface area (Å²) in [5, 5.41) is 18.6. The average Bonchev–Trinajstić information content (AvgIpc) is 2.32. The zero-order valence-corrected chi connectivity index (χ0v) is 10.4. The molecule has 0 aliphatic rings. The number of rotatable bonds is 4. The molecule has 94 valence electrons. The van der Waals surface area contributed by atoms with E-state index in [4.69, 9.17) is 0 Å². The molecule has 0 unspecified atom stereocenters. The molecule has 2 aromatic carbocycles. The van der Waals surface area contributed by atoms with Crippen LogP contribution in [-0.4, -0.2) is 22.2 Å². The molecule has 0 amide bonds. The zero-order chi connectivity index (χ0) is 13.0. The Balaban J connectivity index is 1.96. The third-order valence-electron chi connectivity index (χ3n) is 2.75. The maximum atomic E-state index is 9.40. The third-order valence-corrected chi connectivity index (χ3v) is 2.75. The van der Waals surface area contributed by atoms with E-state index in [1.165, 1.54) is 0 Å². The van der Waals surface area contributed by atoms with Crippen molar-refractivity contribution in [2.45, 2.75) is 13.1 Å². The lowest BCUT2D eigenvalue weighted by Crippen LogP contribution is -2.17. The number of phenols is 2. The molecule has 3 heteroatoms. The molecular formula is C15H17NO2. The SMILES string of the molecule is CN(Cc1ccc(O)cc1)Cc1cccc(O)c1. The minimum atomic E-state index is 0.286. The van der Waals surface area contributed by atoms with Crippen molar-refractivity contribution in [1.82, 2.24) is 4.90 Å². The Morgan fingerprint density at radius 2 is 1.50 bits per heavy atom. The standard InChI is InChI=1S/C15H17NO2/c1-16(10-12-5-7-14(17)8-6-12)11-13-3-2-4-15(18)9-13/h2-9,17-18H,10-11H2,1H3. The molecule has 0 spiro atoms. The first-order valence-electron chi connectivity index (χ1n) is 5.88. The third kappa shape index (κ3) is 3.50. The van der Waals surface area contributed by atoms with Crippen molar-refractivity contribution in [3.63, 3.8) is 0 Å². The van der Waals surface area contributed by atoms with E-state index >= 15 is 0 Å². The molecule has 2 rings (SSSR count). The highest BCUT2D eigenvalue weighted by atomic mass is 16.3. The second-order valence-corrected chi connectivity index (χ2v) is 4.51. The highest BCUT2D eigenvalue weighted by Crippen LogP contribution is 2.15. The first-order valence-corrected chi connectivity index (χ1v) is 5.88. The van der Waals surface area contributed by atoms with Crippen LogP contribution in [0.3, 0.4) is 0 Å². The number of hydrogen-bond donors (Lipinski definition) is 2. The summed E-state index contributed by atoms with van der Waals surface area (Å²) in [6.45, 7) is 1.57. The Morgan fingerprint density at radius 1 is 0.833 bits per heavy atom. The van der Waals surface area contributed by atoms with Crippen LogP contribution in [0, 0.1) is 0 Å². The van der Waals surface area contributed by atoms with E-state index in [0.29, 0.717) is 5.75 Å². The predicted molar refractivity (Wildman–Crippen MR) is 71.4 cm³/mol. The van der Waals surface area contributed by atoms with Crippen LogP contribution < -0.4 is 0 Å². The van der Waals surface area contributed by atoms with Crippen LogP contribution in [0.2, 0.25) is 0 Å². The number of aromatic hydroxyl groups is 2. The fourth-order valence-corrected chi connectivity index (χ4v) is 1.94. The molecule has 0 radical (unpaired) electrons. The molecule has 0 bridgehead atoms. The topological polar surface area (TPSA) is 43.7 Å². The lowest BCUT2D eigenvalue weighted by Gasteiger charge is -2.17. The molecule has 18 heavy (non-hydrogen) atoms. The molecule has 0 fully saturated rings.